The molecule has 1 unspecified atom stereocenters. The number of rotatable bonds is 8. The van der Waals surface area contributed by atoms with Crippen LogP contribution in [0.1, 0.15) is 31.2 Å². The Labute approximate surface area is 125 Å². The SMILES string of the molecule is N#Cc1ccc(OCC(O)CN(CC2CC2)C2CC2)cc1. The van der Waals surface area contributed by atoms with Crippen LogP contribution in [0.15, 0.2) is 24.3 Å². The number of nitriles is 1. The average molecular weight is 286 g/mol. The second-order valence-electron chi connectivity index (χ2n) is 6.23. The third-order valence-corrected chi connectivity index (χ3v) is 4.12. The molecule has 1 N–H and O–H groups in total. The van der Waals surface area contributed by atoms with Gasteiger partial charge in [0, 0.05) is 19.1 Å². The van der Waals surface area contributed by atoms with Crippen molar-refractivity contribution in [3.63, 3.8) is 0 Å². The molecule has 112 valence electrons. The average Bonchev–Trinajstić information content (AvgIpc) is 3.38. The third kappa shape index (κ3) is 4.45. The van der Waals surface area contributed by atoms with E-state index in [1.165, 1.54) is 25.7 Å². The van der Waals surface area contributed by atoms with E-state index in [1.54, 1.807) is 24.3 Å². The fraction of sp³-hybridized carbons (Fsp3) is 0.588. The number of nitrogens with zero attached hydrogens (tertiary/aromatic N) is 2. The van der Waals surface area contributed by atoms with E-state index in [-0.39, 0.29) is 0 Å². The molecule has 2 fully saturated rings. The lowest BCUT2D eigenvalue weighted by Gasteiger charge is -2.24. The summed E-state index contributed by atoms with van der Waals surface area (Å²) in [7, 11) is 0. The van der Waals surface area contributed by atoms with Gasteiger partial charge in [0.2, 0.25) is 0 Å². The molecule has 4 nitrogen and oxygen atoms in total. The van der Waals surface area contributed by atoms with Gasteiger partial charge in [-0.1, -0.05) is 0 Å². The van der Waals surface area contributed by atoms with E-state index in [0.717, 1.165) is 12.5 Å². The van der Waals surface area contributed by atoms with Crippen LogP contribution in [0.5, 0.6) is 5.75 Å². The van der Waals surface area contributed by atoms with E-state index in [4.69, 9.17) is 10.00 Å². The van der Waals surface area contributed by atoms with Crippen LogP contribution < -0.4 is 4.74 Å². The van der Waals surface area contributed by atoms with Gasteiger partial charge in [0.15, 0.2) is 0 Å². The van der Waals surface area contributed by atoms with Crippen molar-refractivity contribution in [1.82, 2.24) is 4.90 Å². The highest BCUT2D eigenvalue weighted by molar-refractivity contribution is 5.34. The number of ether oxygens (including phenoxy) is 1. The summed E-state index contributed by atoms with van der Waals surface area (Å²) < 4.78 is 5.60. The normalized spacial score (nSPS) is 19.3. The summed E-state index contributed by atoms with van der Waals surface area (Å²) in [6, 6.07) is 9.77. The van der Waals surface area contributed by atoms with Gasteiger partial charge in [0.25, 0.3) is 0 Å². The van der Waals surface area contributed by atoms with Gasteiger partial charge in [-0.3, -0.25) is 4.90 Å². The van der Waals surface area contributed by atoms with Gasteiger partial charge in [-0.15, -0.1) is 0 Å². The quantitative estimate of drug-likeness (QED) is 0.796. The van der Waals surface area contributed by atoms with Crippen LogP contribution in [-0.2, 0) is 0 Å². The molecule has 0 spiro atoms. The van der Waals surface area contributed by atoms with E-state index in [0.29, 0.717) is 30.5 Å². The summed E-state index contributed by atoms with van der Waals surface area (Å²) in [5.74, 6) is 1.56. The topological polar surface area (TPSA) is 56.5 Å². The monoisotopic (exact) mass is 286 g/mol. The van der Waals surface area contributed by atoms with Crippen LogP contribution in [0, 0.1) is 17.2 Å². The molecule has 21 heavy (non-hydrogen) atoms. The van der Waals surface area contributed by atoms with Gasteiger partial charge in [-0.25, -0.2) is 0 Å². The first-order valence-corrected chi connectivity index (χ1v) is 7.79. The maximum Gasteiger partial charge on any atom is 0.119 e. The summed E-state index contributed by atoms with van der Waals surface area (Å²) in [5.41, 5.74) is 0.618. The Hall–Kier alpha value is -1.57. The van der Waals surface area contributed by atoms with Crippen LogP contribution in [0.4, 0.5) is 0 Å². The predicted octanol–water partition coefficient (Wildman–Crippen LogP) is 2.17. The molecule has 1 aromatic carbocycles. The van der Waals surface area contributed by atoms with E-state index in [1.807, 2.05) is 0 Å². The van der Waals surface area contributed by atoms with Crippen molar-refractivity contribution in [3.8, 4) is 11.8 Å². The van der Waals surface area contributed by atoms with Crippen LogP contribution in [-0.4, -0.2) is 41.8 Å². The highest BCUT2D eigenvalue weighted by atomic mass is 16.5. The molecule has 2 saturated carbocycles. The Morgan fingerprint density at radius 3 is 2.52 bits per heavy atom. The number of hydrogen-bond acceptors (Lipinski definition) is 4. The first-order valence-electron chi connectivity index (χ1n) is 7.79. The highest BCUT2D eigenvalue weighted by Crippen LogP contribution is 2.34. The summed E-state index contributed by atoms with van der Waals surface area (Å²) in [4.78, 5) is 2.43. The van der Waals surface area contributed by atoms with E-state index in [9.17, 15) is 5.11 Å². The van der Waals surface area contributed by atoms with E-state index >= 15 is 0 Å². The fourth-order valence-electron chi connectivity index (χ4n) is 2.59. The molecule has 1 aromatic rings. The van der Waals surface area contributed by atoms with Crippen LogP contribution in [0.25, 0.3) is 0 Å². The van der Waals surface area contributed by atoms with Gasteiger partial charge in [0.1, 0.15) is 18.5 Å². The minimum Gasteiger partial charge on any atom is -0.491 e. The Kier molecular flexibility index (Phi) is 4.42. The molecule has 0 heterocycles. The molecule has 0 saturated heterocycles. The molecule has 0 bridgehead atoms. The molecule has 0 aliphatic heterocycles. The van der Waals surface area contributed by atoms with Crippen molar-refractivity contribution in [1.29, 1.82) is 5.26 Å². The first kappa shape index (κ1) is 14.4. The van der Waals surface area contributed by atoms with Crippen LogP contribution in [0.3, 0.4) is 0 Å². The van der Waals surface area contributed by atoms with Gasteiger partial charge in [-0.05, 0) is 55.9 Å². The summed E-state index contributed by atoms with van der Waals surface area (Å²) >= 11 is 0. The fourth-order valence-corrected chi connectivity index (χ4v) is 2.59. The standard InChI is InChI=1S/C17H22N2O2/c18-9-13-3-7-17(8-4-13)21-12-16(20)11-19(15-5-6-15)10-14-1-2-14/h3-4,7-8,14-16,20H,1-2,5-6,10-12H2. The van der Waals surface area contributed by atoms with E-state index < -0.39 is 6.10 Å². The summed E-state index contributed by atoms with van der Waals surface area (Å²) in [6.45, 7) is 2.15. The van der Waals surface area contributed by atoms with Crippen molar-refractivity contribution < 1.29 is 9.84 Å². The zero-order valence-corrected chi connectivity index (χ0v) is 12.2. The third-order valence-electron chi connectivity index (χ3n) is 4.12. The molecule has 0 amide bonds. The molecule has 0 radical (unpaired) electrons. The minimum atomic E-state index is -0.458. The molecule has 1 atom stereocenters. The van der Waals surface area contributed by atoms with Crippen molar-refractivity contribution in [2.45, 2.75) is 37.8 Å². The van der Waals surface area contributed by atoms with E-state index in [2.05, 4.69) is 11.0 Å². The second-order valence-corrected chi connectivity index (χ2v) is 6.23. The molecule has 0 aromatic heterocycles. The minimum absolute atomic E-state index is 0.305. The second kappa shape index (κ2) is 6.46. The number of aliphatic hydroxyl groups is 1. The predicted molar refractivity (Wildman–Crippen MR) is 80.0 cm³/mol. The first-order chi connectivity index (χ1) is 10.2. The Balaban J connectivity index is 1.44. The Morgan fingerprint density at radius 1 is 1.24 bits per heavy atom. The van der Waals surface area contributed by atoms with Gasteiger partial charge in [0.05, 0.1) is 11.6 Å². The maximum absolute atomic E-state index is 10.2. The maximum atomic E-state index is 10.2. The number of benzene rings is 1. The van der Waals surface area contributed by atoms with Gasteiger partial charge < -0.3 is 9.84 Å². The zero-order chi connectivity index (χ0) is 14.7. The lowest BCUT2D eigenvalue weighted by atomic mass is 10.2. The smallest absolute Gasteiger partial charge is 0.119 e. The van der Waals surface area contributed by atoms with Crippen LogP contribution >= 0.6 is 0 Å². The molecule has 2 aliphatic carbocycles. The summed E-state index contributed by atoms with van der Waals surface area (Å²) in [6.07, 6.45) is 4.79. The number of aliphatic hydroxyl groups excluding tert-OH is 1. The molecule has 3 rings (SSSR count). The van der Waals surface area contributed by atoms with Crippen molar-refractivity contribution in [2.24, 2.45) is 5.92 Å². The molecule has 4 heteroatoms. The Bertz CT molecular complexity index is 501. The lowest BCUT2D eigenvalue weighted by Crippen LogP contribution is -2.38. The zero-order valence-electron chi connectivity index (χ0n) is 12.2. The highest BCUT2D eigenvalue weighted by Gasteiger charge is 2.34. The lowest BCUT2D eigenvalue weighted by molar-refractivity contribution is 0.0637. The van der Waals surface area contributed by atoms with Crippen molar-refractivity contribution in [2.75, 3.05) is 19.7 Å². The molecular weight excluding hydrogens is 264 g/mol. The van der Waals surface area contributed by atoms with Crippen LogP contribution in [0.2, 0.25) is 0 Å². The molecule has 2 aliphatic rings. The molecular formula is C17H22N2O2. The van der Waals surface area contributed by atoms with Crippen molar-refractivity contribution >= 4 is 0 Å². The van der Waals surface area contributed by atoms with Gasteiger partial charge >= 0.3 is 0 Å². The summed E-state index contributed by atoms with van der Waals surface area (Å²) in [5, 5.41) is 18.9. The van der Waals surface area contributed by atoms with Crippen molar-refractivity contribution in [3.05, 3.63) is 29.8 Å². The Morgan fingerprint density at radius 2 is 1.95 bits per heavy atom. The number of hydrogen-bond donors (Lipinski definition) is 1. The van der Waals surface area contributed by atoms with Gasteiger partial charge in [-0.2, -0.15) is 5.26 Å². The largest absolute Gasteiger partial charge is 0.491 e.